The van der Waals surface area contributed by atoms with Crippen molar-refractivity contribution in [2.45, 2.75) is 61.9 Å². The molecule has 2 aliphatic heterocycles. The number of Topliss-reactive ketones (excluding diaryl/α,β-unsaturated/α-hetero) is 1. The predicted octanol–water partition coefficient (Wildman–Crippen LogP) is 4.23. The summed E-state index contributed by atoms with van der Waals surface area (Å²) in [4.78, 5) is 40.2. The number of anilines is 2. The molecule has 3 aromatic rings. The normalized spacial score (nSPS) is 24.6. The molecule has 40 heavy (non-hydrogen) atoms. The number of benzene rings is 3. The van der Waals surface area contributed by atoms with Crippen LogP contribution in [0, 0.1) is 5.82 Å². The highest BCUT2D eigenvalue weighted by molar-refractivity contribution is 6.32. The van der Waals surface area contributed by atoms with Crippen molar-refractivity contribution in [3.05, 3.63) is 88.2 Å². The zero-order valence-electron chi connectivity index (χ0n) is 22.4. The van der Waals surface area contributed by atoms with Crippen LogP contribution in [-0.4, -0.2) is 37.0 Å². The first-order chi connectivity index (χ1) is 19.2. The van der Waals surface area contributed by atoms with Gasteiger partial charge in [0.15, 0.2) is 5.78 Å². The van der Waals surface area contributed by atoms with Crippen molar-refractivity contribution in [2.75, 3.05) is 10.6 Å². The van der Waals surface area contributed by atoms with E-state index in [1.54, 1.807) is 62.4 Å². The molecule has 6 nitrogen and oxygen atoms in total. The van der Waals surface area contributed by atoms with E-state index in [-0.39, 0.29) is 17.6 Å². The molecule has 3 atom stereocenters. The minimum absolute atomic E-state index is 0.0717. The van der Waals surface area contributed by atoms with Gasteiger partial charge in [-0.05, 0) is 67.3 Å². The number of halogens is 2. The standard InChI is InChI=1S/C31H30BClFN3O3/c1-17(38)18-8-11-20(12-9-18)35-28(39)27-25(21-6-5-7-23(32)26(21)34)31(30(37-27)14-3-2-4-15-30)22-13-10-19(33)16-24(22)36-29(31)40/h5-13,16,25,27,37H,2-4,14-15,32H2,1H3,(H,35,39)(H,36,40)/t25-,27+,31+/m0/s1. The lowest BCUT2D eigenvalue weighted by atomic mass is 9.55. The zero-order chi connectivity index (χ0) is 28.2. The van der Waals surface area contributed by atoms with Crippen LogP contribution in [-0.2, 0) is 15.0 Å². The largest absolute Gasteiger partial charge is 0.325 e. The van der Waals surface area contributed by atoms with Crippen LogP contribution in [0.15, 0.2) is 60.7 Å². The molecule has 204 valence electrons. The van der Waals surface area contributed by atoms with Gasteiger partial charge in [0.1, 0.15) is 19.1 Å². The monoisotopic (exact) mass is 557 g/mol. The lowest BCUT2D eigenvalue weighted by molar-refractivity contribution is -0.124. The van der Waals surface area contributed by atoms with E-state index < -0.39 is 28.7 Å². The Kier molecular flexibility index (Phi) is 6.59. The van der Waals surface area contributed by atoms with Gasteiger partial charge >= 0.3 is 0 Å². The Morgan fingerprint density at radius 2 is 1.77 bits per heavy atom. The Labute approximate surface area is 238 Å². The molecule has 1 saturated heterocycles. The maximum atomic E-state index is 16.1. The van der Waals surface area contributed by atoms with Crippen molar-refractivity contribution in [1.82, 2.24) is 5.32 Å². The molecule has 2 heterocycles. The minimum Gasteiger partial charge on any atom is -0.325 e. The molecule has 1 aliphatic carbocycles. The van der Waals surface area contributed by atoms with Crippen LogP contribution in [0.1, 0.15) is 66.4 Å². The summed E-state index contributed by atoms with van der Waals surface area (Å²) in [7, 11) is 1.69. The number of ketones is 1. The van der Waals surface area contributed by atoms with Crippen LogP contribution in [0.3, 0.4) is 0 Å². The summed E-state index contributed by atoms with van der Waals surface area (Å²) in [5, 5.41) is 10.2. The van der Waals surface area contributed by atoms with E-state index >= 15 is 4.39 Å². The Balaban J connectivity index is 1.54. The zero-order valence-corrected chi connectivity index (χ0v) is 23.2. The van der Waals surface area contributed by atoms with Crippen molar-refractivity contribution >= 4 is 53.9 Å². The van der Waals surface area contributed by atoms with Gasteiger partial charge in [0.25, 0.3) is 0 Å². The van der Waals surface area contributed by atoms with Gasteiger partial charge in [0.2, 0.25) is 11.8 Å². The molecule has 9 heteroatoms. The Morgan fingerprint density at radius 1 is 1.05 bits per heavy atom. The summed E-state index contributed by atoms with van der Waals surface area (Å²) in [6.45, 7) is 1.48. The SMILES string of the molecule is Bc1cccc([C@H]2[C@H](C(=O)Nc3ccc(C(C)=O)cc3)NC3(CCCCC3)[C@@]23C(=O)Nc2cc(Cl)ccc23)c1F. The average molecular weight is 558 g/mol. The Hall–Kier alpha value is -3.49. The van der Waals surface area contributed by atoms with Crippen molar-refractivity contribution in [2.24, 2.45) is 0 Å². The van der Waals surface area contributed by atoms with E-state index in [1.807, 2.05) is 6.07 Å². The van der Waals surface area contributed by atoms with E-state index in [4.69, 9.17) is 11.6 Å². The lowest BCUT2D eigenvalue weighted by Crippen LogP contribution is -2.60. The third kappa shape index (κ3) is 3.91. The summed E-state index contributed by atoms with van der Waals surface area (Å²) in [6.07, 6.45) is 4.13. The van der Waals surface area contributed by atoms with Gasteiger partial charge in [-0.3, -0.25) is 19.7 Å². The fraction of sp³-hybridized carbons (Fsp3) is 0.323. The highest BCUT2D eigenvalue weighted by atomic mass is 35.5. The van der Waals surface area contributed by atoms with Gasteiger partial charge in [-0.25, -0.2) is 4.39 Å². The maximum Gasteiger partial charge on any atom is 0.242 e. The predicted molar refractivity (Wildman–Crippen MR) is 157 cm³/mol. The molecule has 1 saturated carbocycles. The summed E-state index contributed by atoms with van der Waals surface area (Å²) in [6, 6.07) is 16.3. The molecule has 6 rings (SSSR count). The summed E-state index contributed by atoms with van der Waals surface area (Å²) in [5.41, 5.74) is 1.17. The van der Waals surface area contributed by atoms with Crippen molar-refractivity contribution in [1.29, 1.82) is 0 Å². The van der Waals surface area contributed by atoms with E-state index in [0.29, 0.717) is 45.8 Å². The second-order valence-corrected chi connectivity index (χ2v) is 11.7. The molecule has 3 aromatic carbocycles. The van der Waals surface area contributed by atoms with Crippen molar-refractivity contribution in [3.63, 3.8) is 0 Å². The molecule has 0 unspecified atom stereocenters. The van der Waals surface area contributed by atoms with Crippen LogP contribution in [0.25, 0.3) is 0 Å². The van der Waals surface area contributed by atoms with Crippen LogP contribution >= 0.6 is 11.6 Å². The van der Waals surface area contributed by atoms with Gasteiger partial charge in [-0.15, -0.1) is 0 Å². The number of rotatable bonds is 4. The Morgan fingerprint density at radius 3 is 2.48 bits per heavy atom. The van der Waals surface area contributed by atoms with Gasteiger partial charge < -0.3 is 10.6 Å². The first kappa shape index (κ1) is 26.7. The molecule has 3 aliphatic rings. The molecule has 2 spiro atoms. The third-order valence-electron chi connectivity index (χ3n) is 9.10. The summed E-state index contributed by atoms with van der Waals surface area (Å²) < 4.78 is 16.1. The number of amides is 2. The van der Waals surface area contributed by atoms with Crippen LogP contribution < -0.4 is 21.4 Å². The van der Waals surface area contributed by atoms with Crippen LogP contribution in [0.5, 0.6) is 0 Å². The van der Waals surface area contributed by atoms with Crippen molar-refractivity contribution < 1.29 is 18.8 Å². The highest BCUT2D eigenvalue weighted by Gasteiger charge is 2.72. The second-order valence-electron chi connectivity index (χ2n) is 11.3. The fourth-order valence-corrected chi connectivity index (χ4v) is 7.55. The fourth-order valence-electron chi connectivity index (χ4n) is 7.38. The number of hydrogen-bond donors (Lipinski definition) is 3. The molecule has 3 N–H and O–H groups in total. The molecular formula is C31H30BClFN3O3. The maximum absolute atomic E-state index is 16.1. The van der Waals surface area contributed by atoms with E-state index in [2.05, 4.69) is 16.0 Å². The Bertz CT molecular complexity index is 1540. The molecule has 2 fully saturated rings. The lowest BCUT2D eigenvalue weighted by Gasteiger charge is -2.47. The van der Waals surface area contributed by atoms with Crippen LogP contribution in [0.4, 0.5) is 15.8 Å². The summed E-state index contributed by atoms with van der Waals surface area (Å²) in [5.74, 6) is -1.92. The number of carbonyl (C=O) groups excluding carboxylic acids is 3. The molecule has 0 bridgehead atoms. The van der Waals surface area contributed by atoms with Crippen LogP contribution in [0.2, 0.25) is 5.02 Å². The number of fused-ring (bicyclic) bond motifs is 3. The molecule has 0 aromatic heterocycles. The third-order valence-corrected chi connectivity index (χ3v) is 9.34. The van der Waals surface area contributed by atoms with E-state index in [9.17, 15) is 14.4 Å². The molecular weight excluding hydrogens is 528 g/mol. The first-order valence-corrected chi connectivity index (χ1v) is 14.1. The number of carbonyl (C=O) groups is 3. The smallest absolute Gasteiger partial charge is 0.242 e. The second kappa shape index (κ2) is 9.86. The quantitative estimate of drug-likeness (QED) is 0.331. The van der Waals surface area contributed by atoms with E-state index in [1.165, 1.54) is 6.92 Å². The van der Waals surface area contributed by atoms with E-state index in [0.717, 1.165) is 24.8 Å². The highest BCUT2D eigenvalue weighted by Crippen LogP contribution is 2.62. The van der Waals surface area contributed by atoms with Crippen molar-refractivity contribution in [3.8, 4) is 0 Å². The molecule has 0 radical (unpaired) electrons. The summed E-state index contributed by atoms with van der Waals surface area (Å²) >= 11 is 6.33. The average Bonchev–Trinajstić information content (AvgIpc) is 3.38. The first-order valence-electron chi connectivity index (χ1n) is 13.7. The van der Waals surface area contributed by atoms with Gasteiger partial charge in [-0.2, -0.15) is 0 Å². The van der Waals surface area contributed by atoms with Gasteiger partial charge in [0, 0.05) is 33.4 Å². The molecule has 2 amide bonds. The van der Waals surface area contributed by atoms with Gasteiger partial charge in [0.05, 0.1) is 6.04 Å². The minimum atomic E-state index is -1.23. The topological polar surface area (TPSA) is 87.3 Å². The number of hydrogen-bond acceptors (Lipinski definition) is 4. The van der Waals surface area contributed by atoms with Gasteiger partial charge in [-0.1, -0.05) is 60.6 Å². The number of nitrogens with one attached hydrogen (secondary N) is 3.